The predicted octanol–water partition coefficient (Wildman–Crippen LogP) is 2.99. The molecule has 1 N–H and O–H groups in total. The van der Waals surface area contributed by atoms with E-state index in [4.69, 9.17) is 0 Å². The maximum atomic E-state index is 14.0. The van der Waals surface area contributed by atoms with Gasteiger partial charge >= 0.3 is 0 Å². The van der Waals surface area contributed by atoms with Crippen LogP contribution in [0.25, 0.3) is 0 Å². The Morgan fingerprint density at radius 1 is 1.15 bits per heavy atom. The van der Waals surface area contributed by atoms with E-state index in [2.05, 4.69) is 15.2 Å². The minimum atomic E-state index is -3.81. The summed E-state index contributed by atoms with van der Waals surface area (Å²) in [7, 11) is -3.81. The average Bonchev–Trinajstić information content (AvgIpc) is 2.99. The molecule has 0 bridgehead atoms. The topological polar surface area (TPSA) is 79.0 Å². The summed E-state index contributed by atoms with van der Waals surface area (Å²) in [6.45, 7) is 3.61. The molecule has 0 radical (unpaired) electrons. The molecular formula is C19H21FN4O2S. The molecule has 142 valence electrons. The van der Waals surface area contributed by atoms with Crippen molar-refractivity contribution in [2.24, 2.45) is 0 Å². The van der Waals surface area contributed by atoms with Crippen molar-refractivity contribution in [3.8, 4) is 0 Å². The van der Waals surface area contributed by atoms with Crippen molar-refractivity contribution >= 4 is 10.0 Å². The zero-order valence-electron chi connectivity index (χ0n) is 15.2. The molecule has 0 spiro atoms. The third kappa shape index (κ3) is 4.23. The predicted molar refractivity (Wildman–Crippen MR) is 100.0 cm³/mol. The molecular weight excluding hydrogens is 367 g/mol. The average molecular weight is 388 g/mol. The maximum absolute atomic E-state index is 14.0. The van der Waals surface area contributed by atoms with E-state index in [0.717, 1.165) is 5.56 Å². The molecule has 0 saturated heterocycles. The number of H-pyrrole nitrogens is 1. The summed E-state index contributed by atoms with van der Waals surface area (Å²) in [6.07, 6.45) is 3.52. The largest absolute Gasteiger partial charge is 0.281 e. The molecule has 0 fully saturated rings. The van der Waals surface area contributed by atoms with Gasteiger partial charge in [0, 0.05) is 25.5 Å². The molecule has 0 saturated carbocycles. The van der Waals surface area contributed by atoms with Crippen LogP contribution in [0.3, 0.4) is 0 Å². The first kappa shape index (κ1) is 19.2. The van der Waals surface area contributed by atoms with Gasteiger partial charge in [-0.15, -0.1) is 0 Å². The molecule has 3 aromatic rings. The van der Waals surface area contributed by atoms with E-state index < -0.39 is 10.0 Å². The first-order valence-electron chi connectivity index (χ1n) is 8.53. The van der Waals surface area contributed by atoms with Gasteiger partial charge in [0.15, 0.2) is 0 Å². The fourth-order valence-electron chi connectivity index (χ4n) is 2.98. The number of aromatic amines is 1. The lowest BCUT2D eigenvalue weighted by molar-refractivity contribution is 0.406. The zero-order valence-corrected chi connectivity index (χ0v) is 16.0. The number of aromatic nitrogens is 3. The molecule has 0 aliphatic heterocycles. The van der Waals surface area contributed by atoms with Crippen molar-refractivity contribution in [3.05, 3.63) is 77.1 Å². The Morgan fingerprint density at radius 2 is 1.93 bits per heavy atom. The van der Waals surface area contributed by atoms with E-state index in [9.17, 15) is 12.8 Å². The Bertz CT molecular complexity index is 1000. The van der Waals surface area contributed by atoms with E-state index in [1.807, 2.05) is 6.07 Å². The first-order chi connectivity index (χ1) is 12.9. The summed E-state index contributed by atoms with van der Waals surface area (Å²) in [5, 5.41) is 6.72. The fourth-order valence-corrected chi connectivity index (χ4v) is 4.74. The minimum absolute atomic E-state index is 0.141. The van der Waals surface area contributed by atoms with E-state index in [-0.39, 0.29) is 30.2 Å². The summed E-state index contributed by atoms with van der Waals surface area (Å²) >= 11 is 0. The Balaban J connectivity index is 1.93. The highest BCUT2D eigenvalue weighted by atomic mass is 32.2. The smallest absolute Gasteiger partial charge is 0.247 e. The number of nitrogens with zero attached hydrogens (tertiary/aromatic N) is 3. The van der Waals surface area contributed by atoms with Gasteiger partial charge in [-0.1, -0.05) is 24.3 Å². The number of hydrogen-bond donors (Lipinski definition) is 1. The number of pyridine rings is 1. The summed E-state index contributed by atoms with van der Waals surface area (Å²) < 4.78 is 41.9. The highest BCUT2D eigenvalue weighted by molar-refractivity contribution is 7.89. The lowest BCUT2D eigenvalue weighted by Crippen LogP contribution is -2.33. The lowest BCUT2D eigenvalue weighted by atomic mass is 10.1. The number of halogens is 1. The molecule has 0 aliphatic rings. The second-order valence-electron chi connectivity index (χ2n) is 6.30. The Morgan fingerprint density at radius 3 is 2.56 bits per heavy atom. The van der Waals surface area contributed by atoms with Crippen LogP contribution < -0.4 is 0 Å². The van der Waals surface area contributed by atoms with E-state index in [1.54, 1.807) is 50.5 Å². The monoisotopic (exact) mass is 388 g/mol. The quantitative estimate of drug-likeness (QED) is 0.675. The molecule has 8 heteroatoms. The molecule has 0 amide bonds. The Labute approximate surface area is 158 Å². The van der Waals surface area contributed by atoms with Gasteiger partial charge in [-0.05, 0) is 43.5 Å². The van der Waals surface area contributed by atoms with Crippen molar-refractivity contribution in [2.75, 3.05) is 6.54 Å². The van der Waals surface area contributed by atoms with Crippen molar-refractivity contribution in [3.63, 3.8) is 0 Å². The van der Waals surface area contributed by atoms with Crippen LogP contribution in [0.15, 0.2) is 53.7 Å². The van der Waals surface area contributed by atoms with Gasteiger partial charge in [-0.2, -0.15) is 9.40 Å². The van der Waals surface area contributed by atoms with E-state index >= 15 is 0 Å². The third-order valence-electron chi connectivity index (χ3n) is 4.33. The van der Waals surface area contributed by atoms with Crippen LogP contribution in [0, 0.1) is 19.7 Å². The van der Waals surface area contributed by atoms with Gasteiger partial charge in [-0.25, -0.2) is 12.8 Å². The second-order valence-corrected chi connectivity index (χ2v) is 8.18. The SMILES string of the molecule is Cc1n[nH]c(C)c1S(=O)(=O)N(CCc1ccccc1F)Cc1cccnc1. The first-order valence-corrected chi connectivity index (χ1v) is 9.97. The highest BCUT2D eigenvalue weighted by Gasteiger charge is 2.29. The van der Waals surface area contributed by atoms with Crippen molar-refractivity contribution < 1.29 is 12.8 Å². The van der Waals surface area contributed by atoms with Gasteiger partial charge in [0.25, 0.3) is 0 Å². The van der Waals surface area contributed by atoms with E-state index in [1.165, 1.54) is 10.4 Å². The molecule has 0 aliphatic carbocycles. The number of benzene rings is 1. The maximum Gasteiger partial charge on any atom is 0.247 e. The van der Waals surface area contributed by atoms with Crippen LogP contribution in [0.2, 0.25) is 0 Å². The normalized spacial score (nSPS) is 11.9. The van der Waals surface area contributed by atoms with Crippen LogP contribution in [0.5, 0.6) is 0 Å². The zero-order chi connectivity index (χ0) is 19.4. The van der Waals surface area contributed by atoms with Crippen LogP contribution >= 0.6 is 0 Å². The number of sulfonamides is 1. The third-order valence-corrected chi connectivity index (χ3v) is 6.44. The summed E-state index contributed by atoms with van der Waals surface area (Å²) in [5.41, 5.74) is 2.13. The fraction of sp³-hybridized carbons (Fsp3) is 0.263. The Kier molecular flexibility index (Phi) is 5.67. The lowest BCUT2D eigenvalue weighted by Gasteiger charge is -2.22. The second kappa shape index (κ2) is 7.98. The molecule has 1 aromatic carbocycles. The summed E-state index contributed by atoms with van der Waals surface area (Å²) in [5.74, 6) is -0.341. The van der Waals surface area contributed by atoms with Crippen molar-refractivity contribution in [2.45, 2.75) is 31.7 Å². The van der Waals surface area contributed by atoms with Crippen molar-refractivity contribution in [1.82, 2.24) is 19.5 Å². The van der Waals surface area contributed by atoms with Gasteiger partial charge in [0.1, 0.15) is 10.7 Å². The Hall–Kier alpha value is -2.58. The number of aryl methyl sites for hydroxylation is 2. The highest BCUT2D eigenvalue weighted by Crippen LogP contribution is 2.24. The molecule has 27 heavy (non-hydrogen) atoms. The molecule has 0 atom stereocenters. The van der Waals surface area contributed by atoms with Crippen LogP contribution in [-0.2, 0) is 23.0 Å². The van der Waals surface area contributed by atoms with Crippen LogP contribution in [0.1, 0.15) is 22.5 Å². The number of nitrogens with one attached hydrogen (secondary N) is 1. The molecule has 3 rings (SSSR count). The summed E-state index contributed by atoms with van der Waals surface area (Å²) in [4.78, 5) is 4.22. The molecule has 0 unspecified atom stereocenters. The molecule has 2 aromatic heterocycles. The van der Waals surface area contributed by atoms with Crippen molar-refractivity contribution in [1.29, 1.82) is 0 Å². The van der Waals surface area contributed by atoms with Gasteiger partial charge < -0.3 is 0 Å². The van der Waals surface area contributed by atoms with Gasteiger partial charge in [-0.3, -0.25) is 10.1 Å². The van der Waals surface area contributed by atoms with Gasteiger partial charge in [0.05, 0.1) is 11.4 Å². The molecule has 2 heterocycles. The number of hydrogen-bond acceptors (Lipinski definition) is 4. The number of rotatable bonds is 7. The molecule has 6 nitrogen and oxygen atoms in total. The van der Waals surface area contributed by atoms with E-state index in [0.29, 0.717) is 17.0 Å². The standard InChI is InChI=1S/C19H21FN4O2S/c1-14-19(15(2)23-22-14)27(25,26)24(13-16-6-5-10-21-12-16)11-9-17-7-3-4-8-18(17)20/h3-8,10,12H,9,11,13H2,1-2H3,(H,22,23). The minimum Gasteiger partial charge on any atom is -0.281 e. The summed E-state index contributed by atoms with van der Waals surface area (Å²) in [6, 6.07) is 9.96. The van der Waals surface area contributed by atoms with Gasteiger partial charge in [0.2, 0.25) is 10.0 Å². The van der Waals surface area contributed by atoms with Crippen LogP contribution in [-0.4, -0.2) is 34.4 Å². The van der Waals surface area contributed by atoms with Crippen LogP contribution in [0.4, 0.5) is 4.39 Å².